The molecule has 0 radical (unpaired) electrons. The average Bonchev–Trinajstić information content (AvgIpc) is 2.62. The van der Waals surface area contributed by atoms with E-state index in [0.29, 0.717) is 6.54 Å². The first-order valence-corrected chi connectivity index (χ1v) is 7.43. The Kier molecular flexibility index (Phi) is 6.09. The van der Waals surface area contributed by atoms with Crippen molar-refractivity contribution in [1.29, 1.82) is 0 Å². The number of hydrogen-bond donors (Lipinski definition) is 1. The fourth-order valence-electron chi connectivity index (χ4n) is 3.11. The third kappa shape index (κ3) is 3.46. The van der Waals surface area contributed by atoms with Gasteiger partial charge in [0.1, 0.15) is 0 Å². The molecular formula is C15H32N2O. The highest BCUT2D eigenvalue weighted by atomic mass is 16.5. The highest BCUT2D eigenvalue weighted by Crippen LogP contribution is 2.29. The van der Waals surface area contributed by atoms with Crippen molar-refractivity contribution in [3.8, 4) is 0 Å². The van der Waals surface area contributed by atoms with Crippen molar-refractivity contribution in [1.82, 2.24) is 4.90 Å². The number of hydrogen-bond acceptors (Lipinski definition) is 3. The summed E-state index contributed by atoms with van der Waals surface area (Å²) in [5.74, 6) is 1.67. The molecule has 3 unspecified atom stereocenters. The molecule has 0 aromatic heterocycles. The molecule has 3 nitrogen and oxygen atoms in total. The van der Waals surface area contributed by atoms with Crippen molar-refractivity contribution in [3.05, 3.63) is 0 Å². The van der Waals surface area contributed by atoms with Crippen LogP contribution in [-0.2, 0) is 4.74 Å². The second kappa shape index (κ2) is 6.88. The van der Waals surface area contributed by atoms with Crippen LogP contribution in [0, 0.1) is 11.8 Å². The number of likely N-dealkylation sites (tertiary alicyclic amines) is 1. The minimum Gasteiger partial charge on any atom is -0.380 e. The number of nitrogens with zero attached hydrogens (tertiary/aromatic N) is 1. The van der Waals surface area contributed by atoms with Crippen LogP contribution in [0.2, 0.25) is 0 Å². The van der Waals surface area contributed by atoms with Gasteiger partial charge in [0.25, 0.3) is 0 Å². The zero-order valence-corrected chi connectivity index (χ0v) is 12.9. The van der Waals surface area contributed by atoms with Crippen LogP contribution in [0.15, 0.2) is 0 Å². The molecule has 3 heteroatoms. The summed E-state index contributed by atoms with van der Waals surface area (Å²) in [7, 11) is 1.79. The van der Waals surface area contributed by atoms with E-state index in [4.69, 9.17) is 10.5 Å². The van der Waals surface area contributed by atoms with Gasteiger partial charge in [0, 0.05) is 13.7 Å². The van der Waals surface area contributed by atoms with Crippen molar-refractivity contribution >= 4 is 0 Å². The van der Waals surface area contributed by atoms with E-state index >= 15 is 0 Å². The summed E-state index contributed by atoms with van der Waals surface area (Å²) in [6.45, 7) is 12.1. The summed E-state index contributed by atoms with van der Waals surface area (Å²) in [5, 5.41) is 0. The predicted molar refractivity (Wildman–Crippen MR) is 77.7 cm³/mol. The fourth-order valence-corrected chi connectivity index (χ4v) is 3.11. The van der Waals surface area contributed by atoms with Crippen molar-refractivity contribution in [2.24, 2.45) is 17.6 Å². The number of nitrogens with two attached hydrogens (primary N) is 1. The smallest absolute Gasteiger partial charge is 0.0736 e. The predicted octanol–water partition coefficient (Wildman–Crippen LogP) is 2.50. The maximum absolute atomic E-state index is 6.04. The lowest BCUT2D eigenvalue weighted by atomic mass is 9.89. The van der Waals surface area contributed by atoms with Crippen LogP contribution in [0.25, 0.3) is 0 Å². The van der Waals surface area contributed by atoms with Crippen LogP contribution in [0.1, 0.15) is 47.0 Å². The van der Waals surface area contributed by atoms with Crippen LogP contribution in [0.3, 0.4) is 0 Å². The van der Waals surface area contributed by atoms with E-state index in [9.17, 15) is 0 Å². The molecule has 1 aliphatic heterocycles. The summed E-state index contributed by atoms with van der Waals surface area (Å²) < 4.78 is 5.55. The summed E-state index contributed by atoms with van der Waals surface area (Å²) in [5.41, 5.74) is 6.01. The van der Waals surface area contributed by atoms with Gasteiger partial charge in [-0.15, -0.1) is 0 Å². The molecule has 1 heterocycles. The molecule has 0 aromatic carbocycles. The minimum absolute atomic E-state index is 0.0272. The zero-order valence-electron chi connectivity index (χ0n) is 12.9. The normalized spacial score (nSPS) is 27.8. The van der Waals surface area contributed by atoms with E-state index in [0.717, 1.165) is 24.9 Å². The van der Waals surface area contributed by atoms with Crippen LogP contribution in [-0.4, -0.2) is 43.3 Å². The Bertz CT molecular complexity index is 245. The number of methoxy groups -OCH3 is 1. The van der Waals surface area contributed by atoms with Gasteiger partial charge in [0.05, 0.1) is 11.6 Å². The molecule has 1 saturated heterocycles. The van der Waals surface area contributed by atoms with Gasteiger partial charge in [-0.3, -0.25) is 4.90 Å². The monoisotopic (exact) mass is 256 g/mol. The molecule has 3 atom stereocenters. The van der Waals surface area contributed by atoms with Gasteiger partial charge < -0.3 is 10.5 Å². The highest BCUT2D eigenvalue weighted by molar-refractivity contribution is 4.94. The van der Waals surface area contributed by atoms with Crippen molar-refractivity contribution in [2.75, 3.05) is 26.7 Å². The van der Waals surface area contributed by atoms with E-state index in [1.165, 1.54) is 19.3 Å². The maximum atomic E-state index is 6.04. The van der Waals surface area contributed by atoms with Crippen LogP contribution in [0.4, 0.5) is 0 Å². The molecule has 0 bridgehead atoms. The number of rotatable bonds is 5. The Morgan fingerprint density at radius 1 is 1.28 bits per heavy atom. The topological polar surface area (TPSA) is 38.5 Å². The Morgan fingerprint density at radius 3 is 2.44 bits per heavy atom. The third-order valence-corrected chi connectivity index (χ3v) is 5.08. The third-order valence-electron chi connectivity index (χ3n) is 5.08. The quantitative estimate of drug-likeness (QED) is 0.821. The van der Waals surface area contributed by atoms with E-state index in [1.54, 1.807) is 7.11 Å². The SMILES string of the molecule is COC(C)C(C)(CN)N1CCCC(C(C)C)CC1. The highest BCUT2D eigenvalue weighted by Gasteiger charge is 2.37. The van der Waals surface area contributed by atoms with E-state index < -0.39 is 0 Å². The first-order chi connectivity index (χ1) is 8.45. The van der Waals surface area contributed by atoms with E-state index in [2.05, 4.69) is 32.6 Å². The lowest BCUT2D eigenvalue weighted by Gasteiger charge is -2.43. The van der Waals surface area contributed by atoms with Crippen molar-refractivity contribution in [3.63, 3.8) is 0 Å². The molecule has 1 rings (SSSR count). The summed E-state index contributed by atoms with van der Waals surface area (Å²) in [6, 6.07) is 0. The molecule has 1 aliphatic rings. The second-order valence-corrected chi connectivity index (χ2v) is 6.36. The van der Waals surface area contributed by atoms with Gasteiger partial charge in [-0.2, -0.15) is 0 Å². The molecule has 0 aliphatic carbocycles. The lowest BCUT2D eigenvalue weighted by molar-refractivity contribution is -0.0304. The Morgan fingerprint density at radius 2 is 1.94 bits per heavy atom. The molecule has 0 spiro atoms. The standard InChI is InChI=1S/C15H32N2O/c1-12(2)14-7-6-9-17(10-8-14)15(4,11-16)13(3)18-5/h12-14H,6-11,16H2,1-5H3. The molecule has 0 amide bonds. The molecule has 18 heavy (non-hydrogen) atoms. The van der Waals surface area contributed by atoms with Gasteiger partial charge in [0.15, 0.2) is 0 Å². The zero-order chi connectivity index (χ0) is 13.8. The minimum atomic E-state index is -0.0272. The molecule has 0 aromatic rings. The second-order valence-electron chi connectivity index (χ2n) is 6.36. The molecule has 1 fully saturated rings. The van der Waals surface area contributed by atoms with Crippen LogP contribution >= 0.6 is 0 Å². The average molecular weight is 256 g/mol. The summed E-state index contributed by atoms with van der Waals surface area (Å²) in [6.07, 6.45) is 4.12. The largest absolute Gasteiger partial charge is 0.380 e. The van der Waals surface area contributed by atoms with Crippen LogP contribution < -0.4 is 5.73 Å². The Balaban J connectivity index is 2.71. The lowest BCUT2D eigenvalue weighted by Crippen LogP contribution is -2.59. The Labute approximate surface area is 113 Å². The first-order valence-electron chi connectivity index (χ1n) is 7.43. The van der Waals surface area contributed by atoms with Crippen molar-refractivity contribution in [2.45, 2.75) is 58.6 Å². The fraction of sp³-hybridized carbons (Fsp3) is 1.00. The van der Waals surface area contributed by atoms with Gasteiger partial charge in [-0.1, -0.05) is 13.8 Å². The summed E-state index contributed by atoms with van der Waals surface area (Å²) >= 11 is 0. The van der Waals surface area contributed by atoms with Crippen molar-refractivity contribution < 1.29 is 4.74 Å². The van der Waals surface area contributed by atoms with E-state index in [-0.39, 0.29) is 11.6 Å². The molecule has 2 N–H and O–H groups in total. The first kappa shape index (κ1) is 15.9. The molecular weight excluding hydrogens is 224 g/mol. The van der Waals surface area contributed by atoms with Crippen LogP contribution in [0.5, 0.6) is 0 Å². The van der Waals surface area contributed by atoms with Gasteiger partial charge in [-0.25, -0.2) is 0 Å². The molecule has 108 valence electrons. The maximum Gasteiger partial charge on any atom is 0.0736 e. The van der Waals surface area contributed by atoms with Gasteiger partial charge in [-0.05, 0) is 58.0 Å². The summed E-state index contributed by atoms with van der Waals surface area (Å²) in [4.78, 5) is 2.56. The van der Waals surface area contributed by atoms with Gasteiger partial charge >= 0.3 is 0 Å². The van der Waals surface area contributed by atoms with E-state index in [1.807, 2.05) is 0 Å². The van der Waals surface area contributed by atoms with Gasteiger partial charge in [0.2, 0.25) is 0 Å². The molecule has 0 saturated carbocycles. The Hall–Kier alpha value is -0.120. The number of ether oxygens (including phenoxy) is 1.